The molecule has 0 bridgehead atoms. The van der Waals surface area contributed by atoms with Crippen LogP contribution in [-0.4, -0.2) is 57.9 Å². The van der Waals surface area contributed by atoms with Crippen LogP contribution >= 0.6 is 0 Å². The molecule has 0 aliphatic carbocycles. The summed E-state index contributed by atoms with van der Waals surface area (Å²) in [4.78, 5) is 14.0. The highest BCUT2D eigenvalue weighted by Crippen LogP contribution is 2.09. The molecule has 0 saturated carbocycles. The van der Waals surface area contributed by atoms with Gasteiger partial charge in [-0.05, 0) is 6.92 Å². The monoisotopic (exact) mass is 253 g/mol. The minimum atomic E-state index is -0.240. The zero-order valence-electron chi connectivity index (χ0n) is 10.8. The maximum atomic E-state index is 11.9. The summed E-state index contributed by atoms with van der Waals surface area (Å²) < 4.78 is 6.96. The van der Waals surface area contributed by atoms with Crippen LogP contribution in [0.4, 0.5) is 0 Å². The molecule has 1 unspecified atom stereocenters. The number of carbonyl (C=O) groups is 1. The molecule has 18 heavy (non-hydrogen) atoms. The summed E-state index contributed by atoms with van der Waals surface area (Å²) in [5, 5.41) is 11.1. The van der Waals surface area contributed by atoms with Crippen molar-refractivity contribution in [1.82, 2.24) is 25.0 Å². The number of carbonyl (C=O) groups excluding carboxylic acids is 1. The third kappa shape index (κ3) is 2.85. The third-order valence-electron chi connectivity index (χ3n) is 3.06. The molecule has 2 rings (SSSR count). The molecule has 7 nitrogen and oxygen atoms in total. The Morgan fingerprint density at radius 2 is 2.50 bits per heavy atom. The van der Waals surface area contributed by atoms with Gasteiger partial charge in [0.1, 0.15) is 18.2 Å². The fraction of sp³-hybridized carbons (Fsp3) is 0.727. The van der Waals surface area contributed by atoms with Crippen molar-refractivity contribution in [2.75, 3.05) is 26.2 Å². The first-order chi connectivity index (χ1) is 8.72. The topological polar surface area (TPSA) is 72.3 Å². The van der Waals surface area contributed by atoms with Crippen LogP contribution in [0.3, 0.4) is 0 Å². The van der Waals surface area contributed by atoms with Gasteiger partial charge in [-0.15, -0.1) is 10.2 Å². The number of hydrogen-bond acceptors (Lipinski definition) is 6. The van der Waals surface area contributed by atoms with Gasteiger partial charge >= 0.3 is 5.97 Å². The van der Waals surface area contributed by atoms with E-state index in [1.807, 2.05) is 18.5 Å². The Balaban J connectivity index is 2.04. The van der Waals surface area contributed by atoms with Gasteiger partial charge in [0.05, 0.1) is 13.2 Å². The molecule has 1 N–H and O–H groups in total. The van der Waals surface area contributed by atoms with Gasteiger partial charge in [-0.3, -0.25) is 9.69 Å². The Kier molecular flexibility index (Phi) is 4.27. The van der Waals surface area contributed by atoms with Gasteiger partial charge in [0, 0.05) is 26.7 Å². The highest BCUT2D eigenvalue weighted by molar-refractivity contribution is 5.76. The maximum Gasteiger partial charge on any atom is 0.324 e. The summed E-state index contributed by atoms with van der Waals surface area (Å²) in [6.07, 6.45) is 1.66. The van der Waals surface area contributed by atoms with Crippen molar-refractivity contribution in [3.05, 3.63) is 12.2 Å². The predicted octanol–water partition coefficient (Wildman–Crippen LogP) is -0.848. The maximum absolute atomic E-state index is 11.9. The van der Waals surface area contributed by atoms with Gasteiger partial charge in [0.15, 0.2) is 0 Å². The van der Waals surface area contributed by atoms with E-state index in [1.54, 1.807) is 6.33 Å². The highest BCUT2D eigenvalue weighted by atomic mass is 16.5. The average molecular weight is 253 g/mol. The smallest absolute Gasteiger partial charge is 0.324 e. The summed E-state index contributed by atoms with van der Waals surface area (Å²) in [6, 6.07) is -0.240. The molecular formula is C11H19N5O2. The van der Waals surface area contributed by atoms with Crippen LogP contribution in [0, 0.1) is 0 Å². The van der Waals surface area contributed by atoms with Crippen molar-refractivity contribution >= 4 is 5.97 Å². The largest absolute Gasteiger partial charge is 0.465 e. The first kappa shape index (κ1) is 13.0. The van der Waals surface area contributed by atoms with Gasteiger partial charge in [-0.1, -0.05) is 0 Å². The number of aryl methyl sites for hydroxylation is 1. The molecule has 7 heteroatoms. The Morgan fingerprint density at radius 3 is 3.17 bits per heavy atom. The van der Waals surface area contributed by atoms with Crippen LogP contribution in [0.2, 0.25) is 0 Å². The molecule has 1 atom stereocenters. The van der Waals surface area contributed by atoms with E-state index in [9.17, 15) is 4.79 Å². The molecule has 1 aliphatic heterocycles. The van der Waals surface area contributed by atoms with Crippen molar-refractivity contribution < 1.29 is 9.53 Å². The average Bonchev–Trinajstić information content (AvgIpc) is 2.76. The summed E-state index contributed by atoms with van der Waals surface area (Å²) in [5.74, 6) is 0.679. The molecule has 1 saturated heterocycles. The second-order valence-corrected chi connectivity index (χ2v) is 4.30. The van der Waals surface area contributed by atoms with E-state index in [2.05, 4.69) is 20.4 Å². The standard InChI is InChI=1S/C11H19N5O2/c1-3-18-11(17)9-6-12-4-5-16(9)7-10-14-13-8-15(10)2/h8-9,12H,3-7H2,1-2H3. The SMILES string of the molecule is CCOC(=O)C1CNCCN1Cc1nncn1C. The number of rotatable bonds is 4. The van der Waals surface area contributed by atoms with E-state index in [-0.39, 0.29) is 12.0 Å². The molecule has 0 amide bonds. The minimum Gasteiger partial charge on any atom is -0.465 e. The van der Waals surface area contributed by atoms with E-state index >= 15 is 0 Å². The van der Waals surface area contributed by atoms with Crippen LogP contribution in [0.15, 0.2) is 6.33 Å². The molecule has 0 radical (unpaired) electrons. The molecule has 1 aliphatic rings. The predicted molar refractivity (Wildman–Crippen MR) is 64.7 cm³/mol. The van der Waals surface area contributed by atoms with Crippen LogP contribution in [-0.2, 0) is 23.1 Å². The highest BCUT2D eigenvalue weighted by Gasteiger charge is 2.30. The van der Waals surface area contributed by atoms with E-state index in [0.717, 1.165) is 18.9 Å². The van der Waals surface area contributed by atoms with Gasteiger partial charge in [-0.25, -0.2) is 0 Å². The van der Waals surface area contributed by atoms with Gasteiger partial charge in [0.2, 0.25) is 0 Å². The number of nitrogens with zero attached hydrogens (tertiary/aromatic N) is 4. The Hall–Kier alpha value is -1.47. The van der Waals surface area contributed by atoms with Crippen molar-refractivity contribution in [1.29, 1.82) is 0 Å². The number of aromatic nitrogens is 3. The Labute approximate surface area is 106 Å². The lowest BCUT2D eigenvalue weighted by Crippen LogP contribution is -2.55. The zero-order chi connectivity index (χ0) is 13.0. The van der Waals surface area contributed by atoms with E-state index < -0.39 is 0 Å². The van der Waals surface area contributed by atoms with Gasteiger partial charge in [-0.2, -0.15) is 0 Å². The van der Waals surface area contributed by atoms with Crippen molar-refractivity contribution in [2.45, 2.75) is 19.5 Å². The molecule has 0 spiro atoms. The molecule has 1 aromatic heterocycles. The first-order valence-corrected chi connectivity index (χ1v) is 6.16. The number of esters is 1. The van der Waals surface area contributed by atoms with Crippen LogP contribution in [0.1, 0.15) is 12.7 Å². The quantitative estimate of drug-likeness (QED) is 0.705. The van der Waals surface area contributed by atoms with Gasteiger partial charge < -0.3 is 14.6 Å². The molecule has 1 aromatic rings. The fourth-order valence-electron chi connectivity index (χ4n) is 2.04. The van der Waals surface area contributed by atoms with Crippen LogP contribution in [0.25, 0.3) is 0 Å². The van der Waals surface area contributed by atoms with E-state index in [4.69, 9.17) is 4.74 Å². The number of nitrogens with one attached hydrogen (secondary N) is 1. The minimum absolute atomic E-state index is 0.174. The summed E-state index contributed by atoms with van der Waals surface area (Å²) >= 11 is 0. The lowest BCUT2D eigenvalue weighted by atomic mass is 10.2. The lowest BCUT2D eigenvalue weighted by molar-refractivity contribution is -0.150. The number of piperazine rings is 1. The fourth-order valence-corrected chi connectivity index (χ4v) is 2.04. The summed E-state index contributed by atoms with van der Waals surface area (Å²) in [5.41, 5.74) is 0. The summed E-state index contributed by atoms with van der Waals surface area (Å²) in [7, 11) is 1.90. The first-order valence-electron chi connectivity index (χ1n) is 6.16. The van der Waals surface area contributed by atoms with Crippen LogP contribution in [0.5, 0.6) is 0 Å². The lowest BCUT2D eigenvalue weighted by Gasteiger charge is -2.33. The second-order valence-electron chi connectivity index (χ2n) is 4.30. The van der Waals surface area contributed by atoms with Crippen molar-refractivity contribution in [2.24, 2.45) is 7.05 Å². The van der Waals surface area contributed by atoms with E-state index in [0.29, 0.717) is 19.7 Å². The number of ether oxygens (including phenoxy) is 1. The van der Waals surface area contributed by atoms with E-state index in [1.165, 1.54) is 0 Å². The Morgan fingerprint density at radius 1 is 1.67 bits per heavy atom. The molecule has 2 heterocycles. The molecule has 0 aromatic carbocycles. The molecular weight excluding hydrogens is 234 g/mol. The number of hydrogen-bond donors (Lipinski definition) is 1. The zero-order valence-corrected chi connectivity index (χ0v) is 10.8. The second kappa shape index (κ2) is 5.92. The van der Waals surface area contributed by atoms with Crippen molar-refractivity contribution in [3.8, 4) is 0 Å². The van der Waals surface area contributed by atoms with Crippen molar-refractivity contribution in [3.63, 3.8) is 0 Å². The Bertz CT molecular complexity index is 406. The molecule has 1 fully saturated rings. The van der Waals surface area contributed by atoms with Gasteiger partial charge in [0.25, 0.3) is 0 Å². The van der Waals surface area contributed by atoms with Crippen LogP contribution < -0.4 is 5.32 Å². The third-order valence-corrected chi connectivity index (χ3v) is 3.06. The summed E-state index contributed by atoms with van der Waals surface area (Å²) in [6.45, 7) is 5.14. The molecule has 100 valence electrons. The normalized spacial score (nSPS) is 20.9.